The molecule has 0 aromatic rings. The first-order valence-electron chi connectivity index (χ1n) is 1.60. The van der Waals surface area contributed by atoms with E-state index in [0.717, 1.165) is 20.4 Å². The van der Waals surface area contributed by atoms with Crippen molar-refractivity contribution in [2.24, 2.45) is 0 Å². The van der Waals surface area contributed by atoms with Crippen molar-refractivity contribution in [3.8, 4) is 0 Å². The van der Waals surface area contributed by atoms with Crippen molar-refractivity contribution in [2.75, 3.05) is 0 Å². The Kier molecular flexibility index (Phi) is 18.4. The van der Waals surface area contributed by atoms with Crippen molar-refractivity contribution in [1.82, 2.24) is 0 Å². The zero-order valence-electron chi connectivity index (χ0n) is 5.65. The van der Waals surface area contributed by atoms with Gasteiger partial charge in [0.15, 0.2) is 0 Å². The summed E-state index contributed by atoms with van der Waals surface area (Å²) in [6.07, 6.45) is 0. The van der Waals surface area contributed by atoms with E-state index in [2.05, 4.69) is 0 Å². The molecule has 13 heteroatoms. The van der Waals surface area contributed by atoms with Crippen LogP contribution in [0, 0.1) is 0 Å². The number of hydrogen-bond donors (Lipinski definition) is 4. The van der Waals surface area contributed by atoms with Crippen LogP contribution < -0.4 is 0 Å². The SMILES string of the molecule is O.O=S(=O)(O)O.O=S(=O)(O)O.[O]=[Ti]. The van der Waals surface area contributed by atoms with Crippen molar-refractivity contribution >= 4 is 20.8 Å². The molecule has 0 spiro atoms. The van der Waals surface area contributed by atoms with Crippen LogP contribution in [0.4, 0.5) is 0 Å². The van der Waals surface area contributed by atoms with Crippen LogP contribution in [0.1, 0.15) is 0 Å². The molecule has 0 radical (unpaired) electrons. The van der Waals surface area contributed by atoms with Gasteiger partial charge in [-0.25, -0.2) is 0 Å². The van der Waals surface area contributed by atoms with Gasteiger partial charge in [-0.15, -0.1) is 0 Å². The van der Waals surface area contributed by atoms with Crippen LogP contribution in [0.2, 0.25) is 0 Å². The van der Waals surface area contributed by atoms with Crippen LogP contribution >= 0.6 is 0 Å². The van der Waals surface area contributed by atoms with E-state index in [1.165, 1.54) is 0 Å². The Morgan fingerprint density at radius 1 is 0.692 bits per heavy atom. The van der Waals surface area contributed by atoms with Crippen molar-refractivity contribution in [1.29, 1.82) is 0 Å². The molecular weight excluding hydrogens is 272 g/mol. The van der Waals surface area contributed by atoms with Crippen molar-refractivity contribution < 1.29 is 64.3 Å². The van der Waals surface area contributed by atoms with E-state index in [0.29, 0.717) is 0 Å². The number of rotatable bonds is 0. The van der Waals surface area contributed by atoms with Crippen molar-refractivity contribution in [3.63, 3.8) is 0 Å². The van der Waals surface area contributed by atoms with Crippen LogP contribution in [0.15, 0.2) is 0 Å². The fraction of sp³-hybridized carbons (Fsp3) is 0. The summed E-state index contributed by atoms with van der Waals surface area (Å²) in [5.41, 5.74) is 0. The summed E-state index contributed by atoms with van der Waals surface area (Å²) in [6, 6.07) is 0. The van der Waals surface area contributed by atoms with E-state index in [-0.39, 0.29) is 5.48 Å². The zero-order valence-corrected chi connectivity index (χ0v) is 8.84. The summed E-state index contributed by atoms with van der Waals surface area (Å²) in [5, 5.41) is 0. The van der Waals surface area contributed by atoms with Gasteiger partial charge >= 0.3 is 44.5 Å². The second-order valence-electron chi connectivity index (χ2n) is 0.896. The summed E-state index contributed by atoms with van der Waals surface area (Å²) < 4.78 is 71.4. The van der Waals surface area contributed by atoms with Gasteiger partial charge < -0.3 is 5.48 Å². The van der Waals surface area contributed by atoms with E-state index in [1.807, 2.05) is 0 Å². The van der Waals surface area contributed by atoms with Gasteiger partial charge in [-0.05, 0) is 0 Å². The van der Waals surface area contributed by atoms with Gasteiger partial charge in [0.1, 0.15) is 0 Å². The Labute approximate surface area is 85.1 Å². The molecule has 13 heavy (non-hydrogen) atoms. The summed E-state index contributed by atoms with van der Waals surface area (Å²) in [5.74, 6) is 0. The standard InChI is InChI=1S/2H2O4S.H2O.O.Ti/c2*1-5(2,3)4;;;/h2*(H2,1,2,3,4);1H2;;. The third-order valence-electron chi connectivity index (χ3n) is 0. The van der Waals surface area contributed by atoms with Gasteiger partial charge in [-0.2, -0.15) is 16.8 Å². The molecule has 10 nitrogen and oxygen atoms in total. The molecule has 0 saturated carbocycles. The average molecular weight is 278 g/mol. The molecule has 0 aliphatic heterocycles. The summed E-state index contributed by atoms with van der Waals surface area (Å²) in [6.45, 7) is 0. The molecule has 6 N–H and O–H groups in total. The first-order chi connectivity index (χ1) is 5.00. The molecule has 0 atom stereocenters. The molecule has 0 aromatic carbocycles. The van der Waals surface area contributed by atoms with Gasteiger partial charge in [0.05, 0.1) is 0 Å². The topological polar surface area (TPSA) is 198 Å². The Hall–Kier alpha value is 0.214. The monoisotopic (exact) mass is 278 g/mol. The third-order valence-corrected chi connectivity index (χ3v) is 0. The van der Waals surface area contributed by atoms with Crippen molar-refractivity contribution in [2.45, 2.75) is 0 Å². The van der Waals surface area contributed by atoms with Gasteiger partial charge in [-0.1, -0.05) is 0 Å². The predicted octanol–water partition coefficient (Wildman–Crippen LogP) is -2.25. The minimum absolute atomic E-state index is 0. The zero-order chi connectivity index (χ0) is 11.0. The Balaban J connectivity index is -0.0000000491. The maximum absolute atomic E-state index is 8.74. The maximum atomic E-state index is 8.74. The molecular formula is H6O10S2Ti. The predicted molar refractivity (Wildman–Crippen MR) is 32.7 cm³/mol. The van der Waals surface area contributed by atoms with E-state index in [4.69, 9.17) is 38.4 Å². The Bertz CT molecular complexity index is 222. The average Bonchev–Trinajstić information content (AvgIpc) is 1.59. The summed E-state index contributed by atoms with van der Waals surface area (Å²) >= 11 is 0.750. The fourth-order valence-electron chi connectivity index (χ4n) is 0. The quantitative estimate of drug-likeness (QED) is 0.279. The second-order valence-corrected chi connectivity index (χ2v) is 2.69. The van der Waals surface area contributed by atoms with Crippen LogP contribution in [0.3, 0.4) is 0 Å². The number of hydrogen-bond acceptors (Lipinski definition) is 5. The van der Waals surface area contributed by atoms with Crippen LogP contribution in [-0.2, 0) is 44.5 Å². The van der Waals surface area contributed by atoms with E-state index in [1.54, 1.807) is 0 Å². The molecule has 0 bridgehead atoms. The molecule has 0 rings (SSSR count). The molecule has 0 unspecified atom stereocenters. The molecule has 0 fully saturated rings. The van der Waals surface area contributed by atoms with Gasteiger partial charge in [0.2, 0.25) is 0 Å². The molecule has 82 valence electrons. The van der Waals surface area contributed by atoms with E-state index in [9.17, 15) is 0 Å². The second kappa shape index (κ2) is 10.3. The summed E-state index contributed by atoms with van der Waals surface area (Å²) in [4.78, 5) is 0. The molecule has 0 aliphatic carbocycles. The van der Waals surface area contributed by atoms with Crippen molar-refractivity contribution in [3.05, 3.63) is 0 Å². The van der Waals surface area contributed by atoms with Gasteiger partial charge in [0, 0.05) is 0 Å². The Morgan fingerprint density at radius 2 is 0.692 bits per heavy atom. The fourth-order valence-corrected chi connectivity index (χ4v) is 0. The Morgan fingerprint density at radius 3 is 0.692 bits per heavy atom. The van der Waals surface area contributed by atoms with E-state index >= 15 is 0 Å². The van der Waals surface area contributed by atoms with Crippen LogP contribution in [-0.4, -0.2) is 40.5 Å². The van der Waals surface area contributed by atoms with E-state index < -0.39 is 20.8 Å². The van der Waals surface area contributed by atoms with Crippen LogP contribution in [0.25, 0.3) is 0 Å². The molecule has 0 aliphatic rings. The minimum atomic E-state index is -4.67. The first-order valence-corrected chi connectivity index (χ1v) is 5.03. The summed E-state index contributed by atoms with van der Waals surface area (Å²) in [7, 11) is -9.33. The first kappa shape index (κ1) is 23.2. The van der Waals surface area contributed by atoms with Gasteiger partial charge in [0.25, 0.3) is 0 Å². The molecule has 0 aromatic heterocycles. The molecule has 0 saturated heterocycles. The van der Waals surface area contributed by atoms with Gasteiger partial charge in [-0.3, -0.25) is 18.2 Å². The third kappa shape index (κ3) is 27800. The normalized spacial score (nSPS) is 9.15. The molecule has 0 amide bonds. The molecule has 0 heterocycles. The van der Waals surface area contributed by atoms with Crippen LogP contribution in [0.5, 0.6) is 0 Å².